The van der Waals surface area contributed by atoms with Gasteiger partial charge in [-0.1, -0.05) is 0 Å². The Labute approximate surface area is 135 Å². The van der Waals surface area contributed by atoms with E-state index in [2.05, 4.69) is 10.5 Å². The van der Waals surface area contributed by atoms with Crippen molar-refractivity contribution in [1.82, 2.24) is 5.43 Å². The second-order valence-corrected chi connectivity index (χ2v) is 4.82. The highest BCUT2D eigenvalue weighted by Gasteiger charge is 2.05. The van der Waals surface area contributed by atoms with E-state index < -0.39 is 0 Å². The maximum atomic E-state index is 12.1. The van der Waals surface area contributed by atoms with Crippen molar-refractivity contribution in [2.75, 3.05) is 13.7 Å². The first kappa shape index (κ1) is 16.5. The van der Waals surface area contributed by atoms with Gasteiger partial charge >= 0.3 is 0 Å². The van der Waals surface area contributed by atoms with Crippen LogP contribution in [0.5, 0.6) is 11.5 Å². The van der Waals surface area contributed by atoms with Crippen molar-refractivity contribution in [3.63, 3.8) is 0 Å². The fourth-order valence-electron chi connectivity index (χ4n) is 1.97. The summed E-state index contributed by atoms with van der Waals surface area (Å²) in [5.74, 6) is 1.25. The quantitative estimate of drug-likeness (QED) is 0.658. The van der Waals surface area contributed by atoms with Crippen LogP contribution in [0.2, 0.25) is 0 Å². The van der Waals surface area contributed by atoms with Crippen LogP contribution in [0.15, 0.2) is 53.6 Å². The molecule has 0 aliphatic rings. The third-order valence-corrected chi connectivity index (χ3v) is 3.26. The van der Waals surface area contributed by atoms with Crippen LogP contribution in [0.1, 0.15) is 29.8 Å². The third-order valence-electron chi connectivity index (χ3n) is 3.26. The molecule has 0 saturated heterocycles. The summed E-state index contributed by atoms with van der Waals surface area (Å²) in [5, 5.41) is 4.13. The largest absolute Gasteiger partial charge is 0.497 e. The molecule has 1 amide bonds. The molecule has 2 rings (SSSR count). The maximum Gasteiger partial charge on any atom is 0.271 e. The monoisotopic (exact) mass is 312 g/mol. The van der Waals surface area contributed by atoms with E-state index >= 15 is 0 Å². The molecule has 1 N–H and O–H groups in total. The predicted molar refractivity (Wildman–Crippen MR) is 90.3 cm³/mol. The average Bonchev–Trinajstić information content (AvgIpc) is 2.60. The molecule has 0 aromatic heterocycles. The summed E-state index contributed by atoms with van der Waals surface area (Å²) in [7, 11) is 1.62. The lowest BCUT2D eigenvalue weighted by molar-refractivity contribution is 0.0955. The first-order valence-corrected chi connectivity index (χ1v) is 7.36. The van der Waals surface area contributed by atoms with E-state index in [-0.39, 0.29) is 5.91 Å². The normalized spacial score (nSPS) is 11.0. The number of carbonyl (C=O) groups excluding carboxylic acids is 1. The number of nitrogens with one attached hydrogen (secondary N) is 1. The molecule has 2 aromatic rings. The standard InChI is InChI=1S/C18H20N2O3/c1-4-23-17-11-7-15(8-12-17)18(21)20-19-13(2)14-5-9-16(22-3)10-6-14/h5-12H,4H2,1-3H3,(H,20,21)/b19-13-. The van der Waals surface area contributed by atoms with Gasteiger partial charge in [-0.2, -0.15) is 5.10 Å². The van der Waals surface area contributed by atoms with Gasteiger partial charge in [0, 0.05) is 5.56 Å². The van der Waals surface area contributed by atoms with E-state index in [9.17, 15) is 4.79 Å². The fraction of sp³-hybridized carbons (Fsp3) is 0.222. The minimum Gasteiger partial charge on any atom is -0.497 e. The predicted octanol–water partition coefficient (Wildman–Crippen LogP) is 3.25. The molecule has 0 heterocycles. The van der Waals surface area contributed by atoms with E-state index in [0.717, 1.165) is 17.1 Å². The first-order valence-electron chi connectivity index (χ1n) is 7.36. The molecule has 0 atom stereocenters. The Bertz CT molecular complexity index is 676. The Kier molecular flexibility index (Phi) is 5.74. The van der Waals surface area contributed by atoms with E-state index in [4.69, 9.17) is 9.47 Å². The molecule has 5 heteroatoms. The summed E-state index contributed by atoms with van der Waals surface area (Å²) in [6.07, 6.45) is 0. The summed E-state index contributed by atoms with van der Waals surface area (Å²) in [6.45, 7) is 4.34. The Morgan fingerprint density at radius 2 is 1.57 bits per heavy atom. The van der Waals surface area contributed by atoms with Gasteiger partial charge in [-0.25, -0.2) is 5.43 Å². The zero-order valence-electron chi connectivity index (χ0n) is 13.5. The van der Waals surface area contributed by atoms with Gasteiger partial charge in [0.1, 0.15) is 11.5 Å². The highest BCUT2D eigenvalue weighted by molar-refractivity contribution is 6.00. The summed E-state index contributed by atoms with van der Waals surface area (Å²) >= 11 is 0. The molecule has 2 aromatic carbocycles. The number of methoxy groups -OCH3 is 1. The van der Waals surface area contributed by atoms with Gasteiger partial charge in [0.15, 0.2) is 0 Å². The molecule has 120 valence electrons. The zero-order valence-corrected chi connectivity index (χ0v) is 13.5. The number of hydrogen-bond donors (Lipinski definition) is 1. The van der Waals surface area contributed by atoms with Crippen LogP contribution in [0.25, 0.3) is 0 Å². The molecule has 0 spiro atoms. The molecule has 23 heavy (non-hydrogen) atoms. The Morgan fingerprint density at radius 3 is 2.13 bits per heavy atom. The van der Waals surface area contributed by atoms with Crippen LogP contribution in [0.4, 0.5) is 0 Å². The Balaban J connectivity index is 2.01. The van der Waals surface area contributed by atoms with E-state index in [1.165, 1.54) is 0 Å². The topological polar surface area (TPSA) is 59.9 Å². The number of nitrogens with zero attached hydrogens (tertiary/aromatic N) is 1. The second kappa shape index (κ2) is 7.98. The Morgan fingerprint density at radius 1 is 1.00 bits per heavy atom. The second-order valence-electron chi connectivity index (χ2n) is 4.82. The van der Waals surface area contributed by atoms with Crippen molar-refractivity contribution in [1.29, 1.82) is 0 Å². The van der Waals surface area contributed by atoms with Crippen molar-refractivity contribution < 1.29 is 14.3 Å². The highest BCUT2D eigenvalue weighted by Crippen LogP contribution is 2.13. The SMILES string of the molecule is CCOc1ccc(C(=O)N/N=C(/C)c2ccc(OC)cc2)cc1. The fourth-order valence-corrected chi connectivity index (χ4v) is 1.97. The van der Waals surface area contributed by atoms with Crippen molar-refractivity contribution >= 4 is 11.6 Å². The summed E-state index contributed by atoms with van der Waals surface area (Å²) in [4.78, 5) is 12.1. The summed E-state index contributed by atoms with van der Waals surface area (Å²) < 4.78 is 10.5. The van der Waals surface area contributed by atoms with Gasteiger partial charge in [0.25, 0.3) is 5.91 Å². The van der Waals surface area contributed by atoms with Gasteiger partial charge in [-0.3, -0.25) is 4.79 Å². The van der Waals surface area contributed by atoms with Crippen molar-refractivity contribution in [2.45, 2.75) is 13.8 Å². The lowest BCUT2D eigenvalue weighted by Gasteiger charge is -2.06. The maximum absolute atomic E-state index is 12.1. The lowest BCUT2D eigenvalue weighted by atomic mass is 10.1. The number of carbonyl (C=O) groups is 1. The smallest absolute Gasteiger partial charge is 0.271 e. The Hall–Kier alpha value is -2.82. The third kappa shape index (κ3) is 4.57. The minimum absolute atomic E-state index is 0.263. The van der Waals surface area contributed by atoms with Gasteiger partial charge in [-0.15, -0.1) is 0 Å². The van der Waals surface area contributed by atoms with Crippen LogP contribution in [-0.4, -0.2) is 25.3 Å². The van der Waals surface area contributed by atoms with Crippen LogP contribution >= 0.6 is 0 Å². The number of amides is 1. The molecule has 0 fully saturated rings. The number of rotatable bonds is 6. The molecule has 0 aliphatic heterocycles. The van der Waals surface area contributed by atoms with Gasteiger partial charge in [0.05, 0.1) is 19.4 Å². The first-order chi connectivity index (χ1) is 11.1. The number of hydrazone groups is 1. The molecule has 5 nitrogen and oxygen atoms in total. The van der Waals surface area contributed by atoms with Crippen molar-refractivity contribution in [3.8, 4) is 11.5 Å². The number of benzene rings is 2. The minimum atomic E-state index is -0.263. The molecule has 0 bridgehead atoms. The zero-order chi connectivity index (χ0) is 16.7. The van der Waals surface area contributed by atoms with Gasteiger partial charge in [0.2, 0.25) is 0 Å². The molecular weight excluding hydrogens is 292 g/mol. The van der Waals surface area contributed by atoms with Gasteiger partial charge < -0.3 is 9.47 Å². The van der Waals surface area contributed by atoms with E-state index in [1.54, 1.807) is 31.4 Å². The van der Waals surface area contributed by atoms with Gasteiger partial charge in [-0.05, 0) is 67.9 Å². The van der Waals surface area contributed by atoms with E-state index in [0.29, 0.717) is 17.9 Å². The van der Waals surface area contributed by atoms with Crippen LogP contribution in [0.3, 0.4) is 0 Å². The summed E-state index contributed by atoms with van der Waals surface area (Å²) in [5.41, 5.74) is 4.71. The lowest BCUT2D eigenvalue weighted by Crippen LogP contribution is -2.19. The highest BCUT2D eigenvalue weighted by atomic mass is 16.5. The van der Waals surface area contributed by atoms with Crippen molar-refractivity contribution in [3.05, 3.63) is 59.7 Å². The summed E-state index contributed by atoms with van der Waals surface area (Å²) in [6, 6.07) is 14.4. The number of ether oxygens (including phenoxy) is 2. The molecule has 0 unspecified atom stereocenters. The van der Waals surface area contributed by atoms with Crippen LogP contribution in [0, 0.1) is 0 Å². The van der Waals surface area contributed by atoms with Crippen LogP contribution in [-0.2, 0) is 0 Å². The van der Waals surface area contributed by atoms with Crippen LogP contribution < -0.4 is 14.9 Å². The number of hydrogen-bond acceptors (Lipinski definition) is 4. The molecular formula is C18H20N2O3. The molecule has 0 aliphatic carbocycles. The molecule has 0 saturated carbocycles. The average molecular weight is 312 g/mol. The van der Waals surface area contributed by atoms with Crippen molar-refractivity contribution in [2.24, 2.45) is 5.10 Å². The molecule has 0 radical (unpaired) electrons. The van der Waals surface area contributed by atoms with E-state index in [1.807, 2.05) is 38.1 Å².